The van der Waals surface area contributed by atoms with Gasteiger partial charge in [0.1, 0.15) is 0 Å². The molecular formula is C14H25N3O. The maximum atomic E-state index is 5.89. The van der Waals surface area contributed by atoms with Gasteiger partial charge >= 0.3 is 0 Å². The minimum absolute atomic E-state index is 0.186. The summed E-state index contributed by atoms with van der Waals surface area (Å²) in [7, 11) is 0. The van der Waals surface area contributed by atoms with E-state index in [0.29, 0.717) is 6.10 Å². The second-order valence-corrected chi connectivity index (χ2v) is 5.50. The SMILES string of the molecule is Cc1nn(CC2CCCCO2)c(C)c1CC(C)N. The van der Waals surface area contributed by atoms with Crippen LogP contribution >= 0.6 is 0 Å². The van der Waals surface area contributed by atoms with E-state index in [2.05, 4.69) is 23.6 Å². The van der Waals surface area contributed by atoms with Crippen LogP contribution in [0.25, 0.3) is 0 Å². The first kappa shape index (κ1) is 13.6. The van der Waals surface area contributed by atoms with Gasteiger partial charge in [-0.15, -0.1) is 0 Å². The van der Waals surface area contributed by atoms with Crippen molar-refractivity contribution in [3.63, 3.8) is 0 Å². The molecule has 4 heteroatoms. The van der Waals surface area contributed by atoms with Gasteiger partial charge in [0.05, 0.1) is 18.3 Å². The zero-order valence-electron chi connectivity index (χ0n) is 11.8. The van der Waals surface area contributed by atoms with Crippen molar-refractivity contribution in [2.75, 3.05) is 6.61 Å². The van der Waals surface area contributed by atoms with Crippen LogP contribution in [-0.4, -0.2) is 28.5 Å². The van der Waals surface area contributed by atoms with E-state index in [-0.39, 0.29) is 6.04 Å². The van der Waals surface area contributed by atoms with Gasteiger partial charge in [-0.1, -0.05) is 0 Å². The monoisotopic (exact) mass is 251 g/mol. The standard InChI is InChI=1S/C14H25N3O/c1-10(15)8-14-11(2)16-17(12(14)3)9-13-6-4-5-7-18-13/h10,13H,4-9,15H2,1-3H3. The molecule has 0 aromatic carbocycles. The van der Waals surface area contributed by atoms with Gasteiger partial charge in [-0.25, -0.2) is 0 Å². The van der Waals surface area contributed by atoms with E-state index in [4.69, 9.17) is 10.5 Å². The summed E-state index contributed by atoms with van der Waals surface area (Å²) >= 11 is 0. The predicted molar refractivity (Wildman–Crippen MR) is 72.6 cm³/mol. The second kappa shape index (κ2) is 5.85. The third-order valence-corrected chi connectivity index (χ3v) is 3.71. The molecule has 0 amide bonds. The summed E-state index contributed by atoms with van der Waals surface area (Å²) in [5, 5.41) is 4.64. The predicted octanol–water partition coefficient (Wildman–Crippen LogP) is 1.96. The molecule has 1 aliphatic rings. The number of nitrogens with two attached hydrogens (primary N) is 1. The van der Waals surface area contributed by atoms with Crippen molar-refractivity contribution in [1.29, 1.82) is 0 Å². The Morgan fingerprint density at radius 1 is 1.44 bits per heavy atom. The summed E-state index contributed by atoms with van der Waals surface area (Å²) < 4.78 is 7.88. The number of hydrogen-bond donors (Lipinski definition) is 1. The largest absolute Gasteiger partial charge is 0.376 e. The van der Waals surface area contributed by atoms with Gasteiger partial charge in [-0.3, -0.25) is 4.68 Å². The van der Waals surface area contributed by atoms with Gasteiger partial charge in [0.15, 0.2) is 0 Å². The number of nitrogens with zero attached hydrogens (tertiary/aromatic N) is 2. The zero-order chi connectivity index (χ0) is 13.1. The molecule has 4 nitrogen and oxygen atoms in total. The molecule has 2 unspecified atom stereocenters. The molecule has 0 aliphatic carbocycles. The number of aromatic nitrogens is 2. The van der Waals surface area contributed by atoms with Crippen LogP contribution in [0.1, 0.15) is 43.1 Å². The summed E-state index contributed by atoms with van der Waals surface area (Å²) in [6, 6.07) is 0.186. The lowest BCUT2D eigenvalue weighted by Crippen LogP contribution is -2.25. The van der Waals surface area contributed by atoms with Crippen LogP contribution < -0.4 is 5.73 Å². The quantitative estimate of drug-likeness (QED) is 0.890. The van der Waals surface area contributed by atoms with Crippen LogP contribution in [0.4, 0.5) is 0 Å². The van der Waals surface area contributed by atoms with E-state index in [1.54, 1.807) is 0 Å². The Morgan fingerprint density at radius 3 is 2.83 bits per heavy atom. The Hall–Kier alpha value is -0.870. The van der Waals surface area contributed by atoms with Gasteiger partial charge in [-0.2, -0.15) is 5.10 Å². The number of aryl methyl sites for hydroxylation is 1. The van der Waals surface area contributed by atoms with Gasteiger partial charge < -0.3 is 10.5 Å². The van der Waals surface area contributed by atoms with E-state index < -0.39 is 0 Å². The highest BCUT2D eigenvalue weighted by atomic mass is 16.5. The highest BCUT2D eigenvalue weighted by Gasteiger charge is 2.18. The van der Waals surface area contributed by atoms with E-state index in [0.717, 1.165) is 31.7 Å². The van der Waals surface area contributed by atoms with Crippen LogP contribution in [0.2, 0.25) is 0 Å². The smallest absolute Gasteiger partial charge is 0.0771 e. The molecule has 1 aromatic heterocycles. The highest BCUT2D eigenvalue weighted by Crippen LogP contribution is 2.19. The fourth-order valence-corrected chi connectivity index (χ4v) is 2.67. The van der Waals surface area contributed by atoms with Crippen molar-refractivity contribution in [2.24, 2.45) is 5.73 Å². The molecule has 18 heavy (non-hydrogen) atoms. The van der Waals surface area contributed by atoms with Crippen LogP contribution in [0.15, 0.2) is 0 Å². The van der Waals surface area contributed by atoms with Crippen molar-refractivity contribution in [2.45, 2.75) is 65.1 Å². The summed E-state index contributed by atoms with van der Waals surface area (Å²) in [5.41, 5.74) is 9.56. The van der Waals surface area contributed by atoms with Crippen LogP contribution in [0.5, 0.6) is 0 Å². The first-order valence-electron chi connectivity index (χ1n) is 6.98. The Balaban J connectivity index is 2.08. The molecule has 2 heterocycles. The van der Waals surface area contributed by atoms with Crippen LogP contribution in [-0.2, 0) is 17.7 Å². The average Bonchev–Trinajstić information content (AvgIpc) is 2.58. The van der Waals surface area contributed by atoms with E-state index in [1.165, 1.54) is 24.1 Å². The van der Waals surface area contributed by atoms with E-state index >= 15 is 0 Å². The molecule has 102 valence electrons. The molecule has 0 bridgehead atoms. The normalized spacial score (nSPS) is 22.1. The molecular weight excluding hydrogens is 226 g/mol. The molecule has 1 aliphatic heterocycles. The minimum atomic E-state index is 0.186. The Morgan fingerprint density at radius 2 is 2.22 bits per heavy atom. The molecule has 1 saturated heterocycles. The van der Waals surface area contributed by atoms with Gasteiger partial charge in [-0.05, 0) is 52.0 Å². The summed E-state index contributed by atoms with van der Waals surface area (Å²) in [6.07, 6.45) is 4.87. The van der Waals surface area contributed by atoms with Crippen molar-refractivity contribution in [3.8, 4) is 0 Å². The molecule has 0 radical (unpaired) electrons. The maximum absolute atomic E-state index is 5.89. The molecule has 2 atom stereocenters. The lowest BCUT2D eigenvalue weighted by molar-refractivity contribution is 0.00360. The first-order valence-corrected chi connectivity index (χ1v) is 6.98. The highest BCUT2D eigenvalue weighted by molar-refractivity contribution is 5.25. The van der Waals surface area contributed by atoms with E-state index in [1.807, 2.05) is 6.92 Å². The Labute approximate surface area is 110 Å². The molecule has 2 rings (SSSR count). The van der Waals surface area contributed by atoms with Gasteiger partial charge in [0.2, 0.25) is 0 Å². The zero-order valence-corrected chi connectivity index (χ0v) is 11.8. The van der Waals surface area contributed by atoms with Crippen molar-refractivity contribution >= 4 is 0 Å². The number of rotatable bonds is 4. The molecule has 1 aromatic rings. The average molecular weight is 251 g/mol. The van der Waals surface area contributed by atoms with Gasteiger partial charge in [0, 0.05) is 18.3 Å². The summed E-state index contributed by atoms with van der Waals surface area (Å²) in [6.45, 7) is 8.03. The fraction of sp³-hybridized carbons (Fsp3) is 0.786. The molecule has 1 fully saturated rings. The maximum Gasteiger partial charge on any atom is 0.0771 e. The van der Waals surface area contributed by atoms with Crippen molar-refractivity contribution < 1.29 is 4.74 Å². The van der Waals surface area contributed by atoms with Gasteiger partial charge in [0.25, 0.3) is 0 Å². The lowest BCUT2D eigenvalue weighted by atomic mass is 10.1. The number of hydrogen-bond acceptors (Lipinski definition) is 3. The molecule has 0 spiro atoms. The molecule has 2 N–H and O–H groups in total. The van der Waals surface area contributed by atoms with Crippen molar-refractivity contribution in [3.05, 3.63) is 17.0 Å². The minimum Gasteiger partial charge on any atom is -0.376 e. The summed E-state index contributed by atoms with van der Waals surface area (Å²) in [4.78, 5) is 0. The Bertz CT molecular complexity index is 392. The van der Waals surface area contributed by atoms with Crippen molar-refractivity contribution in [1.82, 2.24) is 9.78 Å². The first-order chi connectivity index (χ1) is 8.58. The topological polar surface area (TPSA) is 53.1 Å². The van der Waals surface area contributed by atoms with Crippen LogP contribution in [0, 0.1) is 13.8 Å². The van der Waals surface area contributed by atoms with E-state index in [9.17, 15) is 0 Å². The Kier molecular flexibility index (Phi) is 4.40. The fourth-order valence-electron chi connectivity index (χ4n) is 2.67. The number of ether oxygens (including phenoxy) is 1. The third-order valence-electron chi connectivity index (χ3n) is 3.71. The lowest BCUT2D eigenvalue weighted by Gasteiger charge is -2.23. The second-order valence-electron chi connectivity index (χ2n) is 5.50. The molecule has 0 saturated carbocycles. The third kappa shape index (κ3) is 3.12. The summed E-state index contributed by atoms with van der Waals surface area (Å²) in [5.74, 6) is 0. The van der Waals surface area contributed by atoms with Crippen LogP contribution in [0.3, 0.4) is 0 Å².